The number of nitrogens with one attached hydrogen (secondary N) is 1. The Kier molecular flexibility index (Phi) is 4.86. The molecule has 0 aliphatic carbocycles. The maximum Gasteiger partial charge on any atom is 0.0945 e. The van der Waals surface area contributed by atoms with Crippen LogP contribution in [0.2, 0.25) is 0 Å². The van der Waals surface area contributed by atoms with Crippen molar-refractivity contribution in [2.75, 3.05) is 7.11 Å². The third kappa shape index (κ3) is 3.01. The minimum atomic E-state index is -0.256. The average Bonchev–Trinajstić information content (AvgIpc) is 2.70. The maximum atomic E-state index is 5.61. The van der Waals surface area contributed by atoms with Crippen molar-refractivity contribution in [3.8, 4) is 0 Å². The first-order valence-corrected chi connectivity index (χ1v) is 6.36. The lowest BCUT2D eigenvalue weighted by Gasteiger charge is -2.34. The van der Waals surface area contributed by atoms with Crippen LogP contribution < -0.4 is 11.3 Å². The van der Waals surface area contributed by atoms with Crippen molar-refractivity contribution < 1.29 is 4.74 Å². The highest BCUT2D eigenvalue weighted by Crippen LogP contribution is 2.23. The smallest absolute Gasteiger partial charge is 0.0945 e. The summed E-state index contributed by atoms with van der Waals surface area (Å²) in [4.78, 5) is 4.45. The Bertz CT molecular complexity index is 323. The van der Waals surface area contributed by atoms with Crippen LogP contribution in [-0.2, 0) is 11.2 Å². The summed E-state index contributed by atoms with van der Waals surface area (Å²) in [6.07, 6.45) is 1.70. The highest BCUT2D eigenvalue weighted by atomic mass is 32.1. The normalized spacial score (nSPS) is 17.1. The second-order valence-electron chi connectivity index (χ2n) is 4.18. The molecule has 1 aromatic rings. The molecule has 3 N–H and O–H groups in total. The number of thiazole rings is 1. The van der Waals surface area contributed by atoms with Crippen LogP contribution in [0, 0.1) is 6.92 Å². The molecule has 0 saturated carbocycles. The highest BCUT2D eigenvalue weighted by molar-refractivity contribution is 7.09. The molecule has 0 aliphatic rings. The monoisotopic (exact) mass is 243 g/mol. The molecule has 0 saturated heterocycles. The van der Waals surface area contributed by atoms with Gasteiger partial charge in [-0.3, -0.25) is 11.3 Å². The molecule has 16 heavy (non-hydrogen) atoms. The van der Waals surface area contributed by atoms with Crippen molar-refractivity contribution in [3.05, 3.63) is 16.1 Å². The van der Waals surface area contributed by atoms with Gasteiger partial charge in [0, 0.05) is 24.6 Å². The van der Waals surface area contributed by atoms with Crippen LogP contribution in [0.4, 0.5) is 0 Å². The van der Waals surface area contributed by atoms with Gasteiger partial charge in [-0.2, -0.15) is 0 Å². The van der Waals surface area contributed by atoms with Gasteiger partial charge in [-0.05, 0) is 20.3 Å². The number of methoxy groups -OCH3 is 1. The van der Waals surface area contributed by atoms with E-state index in [1.165, 1.54) is 0 Å². The number of hydrogen-bond donors (Lipinski definition) is 2. The standard InChI is InChI=1S/C11H21N3OS/c1-5-11(3,15-4)9(14-12)6-10-13-8(2)7-16-10/h7,9,14H,5-6,12H2,1-4H3. The fourth-order valence-corrected chi connectivity index (χ4v) is 2.47. The largest absolute Gasteiger partial charge is 0.377 e. The summed E-state index contributed by atoms with van der Waals surface area (Å²) in [6, 6.07) is 0.0769. The van der Waals surface area contributed by atoms with Gasteiger partial charge >= 0.3 is 0 Å². The number of nitrogens with zero attached hydrogens (tertiary/aromatic N) is 1. The van der Waals surface area contributed by atoms with E-state index in [4.69, 9.17) is 10.6 Å². The Hall–Kier alpha value is -0.490. The number of aryl methyl sites for hydroxylation is 1. The highest BCUT2D eigenvalue weighted by Gasteiger charge is 2.32. The molecule has 0 spiro atoms. The first-order chi connectivity index (χ1) is 7.55. The van der Waals surface area contributed by atoms with Crippen LogP contribution in [0.15, 0.2) is 5.38 Å². The van der Waals surface area contributed by atoms with Crippen molar-refractivity contribution in [3.63, 3.8) is 0 Å². The third-order valence-electron chi connectivity index (χ3n) is 3.15. The van der Waals surface area contributed by atoms with Gasteiger partial charge in [-0.1, -0.05) is 6.92 Å². The van der Waals surface area contributed by atoms with Crippen LogP contribution in [0.3, 0.4) is 0 Å². The SMILES string of the molecule is CCC(C)(OC)C(Cc1nc(C)cs1)NN. The second kappa shape index (κ2) is 5.72. The Morgan fingerprint density at radius 3 is 2.75 bits per heavy atom. The zero-order chi connectivity index (χ0) is 12.2. The van der Waals surface area contributed by atoms with Gasteiger partial charge in [0.25, 0.3) is 0 Å². The first kappa shape index (κ1) is 13.6. The van der Waals surface area contributed by atoms with Gasteiger partial charge in [0.15, 0.2) is 0 Å². The number of rotatable bonds is 6. The van der Waals surface area contributed by atoms with Crippen LogP contribution in [0.1, 0.15) is 31.0 Å². The molecule has 4 nitrogen and oxygen atoms in total. The number of aromatic nitrogens is 1. The van der Waals surface area contributed by atoms with E-state index in [0.29, 0.717) is 0 Å². The summed E-state index contributed by atoms with van der Waals surface area (Å²) in [7, 11) is 1.72. The van der Waals surface area contributed by atoms with Gasteiger partial charge in [-0.15, -0.1) is 11.3 Å². The molecule has 1 aromatic heterocycles. The molecule has 2 atom stereocenters. The molecule has 0 aromatic carbocycles. The molecule has 0 bridgehead atoms. The summed E-state index contributed by atoms with van der Waals surface area (Å²) >= 11 is 1.67. The second-order valence-corrected chi connectivity index (χ2v) is 5.12. The summed E-state index contributed by atoms with van der Waals surface area (Å²) in [5.41, 5.74) is 3.65. The van der Waals surface area contributed by atoms with Crippen molar-refractivity contribution in [1.29, 1.82) is 0 Å². The van der Waals surface area contributed by atoms with E-state index in [0.717, 1.165) is 23.5 Å². The van der Waals surface area contributed by atoms with Crippen LogP contribution in [0.25, 0.3) is 0 Å². The number of ether oxygens (including phenoxy) is 1. The van der Waals surface area contributed by atoms with E-state index in [1.54, 1.807) is 18.4 Å². The third-order valence-corrected chi connectivity index (χ3v) is 4.14. The Morgan fingerprint density at radius 2 is 2.38 bits per heavy atom. The minimum absolute atomic E-state index is 0.0769. The lowest BCUT2D eigenvalue weighted by Crippen LogP contribution is -2.53. The van der Waals surface area contributed by atoms with Crippen molar-refractivity contribution in [1.82, 2.24) is 10.4 Å². The first-order valence-electron chi connectivity index (χ1n) is 5.48. The molecule has 0 radical (unpaired) electrons. The van der Waals surface area contributed by atoms with Gasteiger partial charge in [0.1, 0.15) is 0 Å². The Labute approximate surface area is 101 Å². The van der Waals surface area contributed by atoms with E-state index in [1.807, 2.05) is 6.92 Å². The predicted octanol–water partition coefficient (Wildman–Crippen LogP) is 1.64. The van der Waals surface area contributed by atoms with E-state index in [2.05, 4.69) is 29.6 Å². The van der Waals surface area contributed by atoms with Crippen molar-refractivity contribution >= 4 is 11.3 Å². The molecular formula is C11H21N3OS. The van der Waals surface area contributed by atoms with Crippen molar-refractivity contribution in [2.45, 2.75) is 45.3 Å². The summed E-state index contributed by atoms with van der Waals surface area (Å²) in [5.74, 6) is 5.61. The fraction of sp³-hybridized carbons (Fsp3) is 0.727. The topological polar surface area (TPSA) is 60.2 Å². The van der Waals surface area contributed by atoms with E-state index in [-0.39, 0.29) is 11.6 Å². The number of hydrazine groups is 1. The van der Waals surface area contributed by atoms with E-state index in [9.17, 15) is 0 Å². The molecule has 5 heteroatoms. The summed E-state index contributed by atoms with van der Waals surface area (Å²) in [5, 5.41) is 3.15. The zero-order valence-corrected chi connectivity index (χ0v) is 11.2. The molecule has 1 heterocycles. The van der Waals surface area contributed by atoms with E-state index < -0.39 is 0 Å². The van der Waals surface area contributed by atoms with E-state index >= 15 is 0 Å². The number of hydrogen-bond acceptors (Lipinski definition) is 5. The van der Waals surface area contributed by atoms with Crippen LogP contribution in [-0.4, -0.2) is 23.7 Å². The Morgan fingerprint density at radius 1 is 1.69 bits per heavy atom. The lowest BCUT2D eigenvalue weighted by atomic mass is 9.91. The molecule has 0 aliphatic heterocycles. The Balaban J connectivity index is 2.75. The van der Waals surface area contributed by atoms with Gasteiger partial charge in [0.2, 0.25) is 0 Å². The summed E-state index contributed by atoms with van der Waals surface area (Å²) < 4.78 is 5.55. The molecule has 1 rings (SSSR count). The minimum Gasteiger partial charge on any atom is -0.377 e. The molecule has 0 fully saturated rings. The van der Waals surface area contributed by atoms with Crippen LogP contribution in [0.5, 0.6) is 0 Å². The molecule has 92 valence electrons. The molecular weight excluding hydrogens is 222 g/mol. The summed E-state index contributed by atoms with van der Waals surface area (Å²) in [6.45, 7) is 6.17. The molecule has 2 unspecified atom stereocenters. The quantitative estimate of drug-likeness (QED) is 0.589. The van der Waals surface area contributed by atoms with Gasteiger partial charge in [0.05, 0.1) is 16.7 Å². The molecule has 0 amide bonds. The fourth-order valence-electron chi connectivity index (χ4n) is 1.66. The van der Waals surface area contributed by atoms with Crippen LogP contribution >= 0.6 is 11.3 Å². The zero-order valence-electron chi connectivity index (χ0n) is 10.4. The van der Waals surface area contributed by atoms with Gasteiger partial charge in [-0.25, -0.2) is 4.98 Å². The van der Waals surface area contributed by atoms with Crippen molar-refractivity contribution in [2.24, 2.45) is 5.84 Å². The predicted molar refractivity (Wildman–Crippen MR) is 67.4 cm³/mol. The number of nitrogens with two attached hydrogens (primary N) is 1. The van der Waals surface area contributed by atoms with Gasteiger partial charge < -0.3 is 4.74 Å². The average molecular weight is 243 g/mol. The lowest BCUT2D eigenvalue weighted by molar-refractivity contribution is -0.0288. The maximum absolute atomic E-state index is 5.61.